The molecule has 0 bridgehead atoms. The number of hydrogen-bond donors (Lipinski definition) is 1. The van der Waals surface area contributed by atoms with Crippen molar-refractivity contribution >= 4 is 23.2 Å². The average molecular weight is 304 g/mol. The van der Waals surface area contributed by atoms with Gasteiger partial charge in [0.1, 0.15) is 5.75 Å². The summed E-state index contributed by atoms with van der Waals surface area (Å²) in [4.78, 5) is 12.2. The topological polar surface area (TPSA) is 38.3 Å². The molecule has 0 aliphatic rings. The molecule has 1 atom stereocenters. The Morgan fingerprint density at radius 3 is 2.33 bits per heavy atom. The van der Waals surface area contributed by atoms with Crippen molar-refractivity contribution in [2.45, 2.75) is 26.4 Å². The molecule has 0 saturated carbocycles. The number of hydrogen-bond acceptors (Lipinski definition) is 2. The highest BCUT2D eigenvalue weighted by atomic mass is 35.5. The Morgan fingerprint density at radius 1 is 1.14 bits per heavy atom. The lowest BCUT2D eigenvalue weighted by molar-refractivity contribution is -0.122. The zero-order chi connectivity index (χ0) is 15.2. The highest BCUT2D eigenvalue weighted by molar-refractivity contribution is 6.30. The molecule has 3 nitrogen and oxygen atoms in total. The van der Waals surface area contributed by atoms with E-state index in [4.69, 9.17) is 16.3 Å². The highest BCUT2D eigenvalue weighted by Crippen LogP contribution is 2.18. The maximum Gasteiger partial charge on any atom is 0.265 e. The first kappa shape index (κ1) is 15.4. The Kier molecular flexibility index (Phi) is 5.23. The number of nitrogens with one attached hydrogen (secondary N) is 1. The Hall–Kier alpha value is -2.00. The van der Waals surface area contributed by atoms with Gasteiger partial charge in [-0.05, 0) is 49.7 Å². The summed E-state index contributed by atoms with van der Waals surface area (Å²) in [6, 6.07) is 14.6. The van der Waals surface area contributed by atoms with Gasteiger partial charge in [0.2, 0.25) is 0 Å². The summed E-state index contributed by atoms with van der Waals surface area (Å²) in [6.07, 6.45) is 0.0489. The molecule has 2 rings (SSSR count). The molecule has 0 aromatic heterocycles. The molecule has 0 radical (unpaired) electrons. The quantitative estimate of drug-likeness (QED) is 0.886. The number of aryl methyl sites for hydroxylation is 1. The third-order valence-corrected chi connectivity index (χ3v) is 3.33. The van der Waals surface area contributed by atoms with Crippen LogP contribution in [0.25, 0.3) is 0 Å². The Morgan fingerprint density at radius 2 is 1.76 bits per heavy atom. The van der Waals surface area contributed by atoms with Crippen molar-refractivity contribution < 1.29 is 9.53 Å². The molecule has 0 fully saturated rings. The first-order valence-corrected chi connectivity index (χ1v) is 7.26. The molecule has 2 aromatic rings. The van der Waals surface area contributed by atoms with Crippen molar-refractivity contribution in [2.24, 2.45) is 0 Å². The molecule has 0 aliphatic heterocycles. The number of ether oxygens (including phenoxy) is 1. The maximum atomic E-state index is 12.2. The highest BCUT2D eigenvalue weighted by Gasteiger charge is 2.18. The Balaban J connectivity index is 2.01. The van der Waals surface area contributed by atoms with Gasteiger partial charge in [0, 0.05) is 10.7 Å². The Labute approximate surface area is 129 Å². The predicted molar refractivity (Wildman–Crippen MR) is 86.0 cm³/mol. The van der Waals surface area contributed by atoms with Crippen LogP contribution in [0.5, 0.6) is 5.75 Å². The molecule has 0 heterocycles. The first-order chi connectivity index (χ1) is 10.1. The van der Waals surface area contributed by atoms with E-state index in [1.54, 1.807) is 24.3 Å². The molecule has 110 valence electrons. The fourth-order valence-electron chi connectivity index (χ4n) is 1.86. The summed E-state index contributed by atoms with van der Waals surface area (Å²) >= 11 is 5.83. The lowest BCUT2D eigenvalue weighted by atomic mass is 10.2. The van der Waals surface area contributed by atoms with E-state index in [1.807, 2.05) is 38.1 Å². The van der Waals surface area contributed by atoms with E-state index in [9.17, 15) is 4.79 Å². The van der Waals surface area contributed by atoms with Crippen molar-refractivity contribution in [3.05, 3.63) is 59.1 Å². The summed E-state index contributed by atoms with van der Waals surface area (Å²) in [6.45, 7) is 3.92. The number of anilines is 1. The monoisotopic (exact) mass is 303 g/mol. The van der Waals surface area contributed by atoms with E-state index in [0.29, 0.717) is 17.2 Å². The van der Waals surface area contributed by atoms with Crippen LogP contribution in [-0.2, 0) is 4.79 Å². The van der Waals surface area contributed by atoms with Crippen molar-refractivity contribution in [1.29, 1.82) is 0 Å². The average Bonchev–Trinajstić information content (AvgIpc) is 2.49. The number of carbonyl (C=O) groups excluding carboxylic acids is 1. The van der Waals surface area contributed by atoms with E-state index >= 15 is 0 Å². The van der Waals surface area contributed by atoms with E-state index < -0.39 is 6.10 Å². The summed E-state index contributed by atoms with van der Waals surface area (Å²) in [7, 11) is 0. The fourth-order valence-corrected chi connectivity index (χ4v) is 1.99. The van der Waals surface area contributed by atoms with Gasteiger partial charge in [-0.2, -0.15) is 0 Å². The van der Waals surface area contributed by atoms with Crippen LogP contribution < -0.4 is 10.1 Å². The molecule has 4 heteroatoms. The third kappa shape index (κ3) is 4.50. The van der Waals surface area contributed by atoms with Gasteiger partial charge in [0.15, 0.2) is 6.10 Å². The van der Waals surface area contributed by atoms with Gasteiger partial charge >= 0.3 is 0 Å². The molecule has 0 aliphatic carbocycles. The molecule has 1 amide bonds. The maximum absolute atomic E-state index is 12.2. The van der Waals surface area contributed by atoms with E-state index in [-0.39, 0.29) is 5.91 Å². The van der Waals surface area contributed by atoms with Crippen LogP contribution in [-0.4, -0.2) is 12.0 Å². The normalized spacial score (nSPS) is 11.8. The smallest absolute Gasteiger partial charge is 0.265 e. The van der Waals surface area contributed by atoms with Gasteiger partial charge in [-0.25, -0.2) is 0 Å². The molecule has 2 aromatic carbocycles. The lowest BCUT2D eigenvalue weighted by Crippen LogP contribution is -2.32. The second kappa shape index (κ2) is 7.14. The van der Waals surface area contributed by atoms with Gasteiger partial charge < -0.3 is 10.1 Å². The van der Waals surface area contributed by atoms with Gasteiger partial charge in [-0.3, -0.25) is 4.79 Å². The molecular formula is C17H18ClNO2. The van der Waals surface area contributed by atoms with Crippen LogP contribution in [0.2, 0.25) is 5.02 Å². The van der Waals surface area contributed by atoms with E-state index in [2.05, 4.69) is 5.32 Å². The minimum atomic E-state index is -0.535. The number of benzene rings is 2. The molecule has 0 saturated heterocycles. The zero-order valence-corrected chi connectivity index (χ0v) is 12.9. The number of amides is 1. The predicted octanol–water partition coefficient (Wildman–Crippen LogP) is 4.44. The van der Waals surface area contributed by atoms with Crippen molar-refractivity contribution in [3.8, 4) is 5.75 Å². The lowest BCUT2D eigenvalue weighted by Gasteiger charge is -2.17. The molecule has 1 N–H and O–H groups in total. The van der Waals surface area contributed by atoms with Crippen LogP contribution >= 0.6 is 11.6 Å². The number of halogens is 1. The Bertz CT molecular complexity index is 593. The fraction of sp³-hybridized carbons (Fsp3) is 0.235. The summed E-state index contributed by atoms with van der Waals surface area (Å²) in [5, 5.41) is 3.50. The molecule has 21 heavy (non-hydrogen) atoms. The summed E-state index contributed by atoms with van der Waals surface area (Å²) in [5.74, 6) is 0.474. The van der Waals surface area contributed by atoms with Crippen molar-refractivity contribution in [1.82, 2.24) is 0 Å². The van der Waals surface area contributed by atoms with Crippen LogP contribution in [0, 0.1) is 6.92 Å². The van der Waals surface area contributed by atoms with Crippen molar-refractivity contribution in [2.75, 3.05) is 5.32 Å². The van der Waals surface area contributed by atoms with Gasteiger partial charge in [0.25, 0.3) is 5.91 Å². The van der Waals surface area contributed by atoms with Crippen LogP contribution in [0.4, 0.5) is 5.69 Å². The third-order valence-electron chi connectivity index (χ3n) is 3.07. The van der Waals surface area contributed by atoms with Gasteiger partial charge in [-0.1, -0.05) is 36.2 Å². The minimum absolute atomic E-state index is 0.156. The van der Waals surface area contributed by atoms with E-state index in [0.717, 1.165) is 11.3 Å². The first-order valence-electron chi connectivity index (χ1n) is 6.88. The van der Waals surface area contributed by atoms with Crippen molar-refractivity contribution in [3.63, 3.8) is 0 Å². The SMILES string of the molecule is CC[C@@H](Oc1ccc(Cl)cc1)C(=O)Nc1ccc(C)cc1. The summed E-state index contributed by atoms with van der Waals surface area (Å²) < 4.78 is 5.71. The second-order valence-corrected chi connectivity index (χ2v) is 5.26. The van der Waals surface area contributed by atoms with Crippen LogP contribution in [0.15, 0.2) is 48.5 Å². The van der Waals surface area contributed by atoms with E-state index in [1.165, 1.54) is 0 Å². The largest absolute Gasteiger partial charge is 0.481 e. The molecule has 0 spiro atoms. The number of rotatable bonds is 5. The van der Waals surface area contributed by atoms with Crippen LogP contribution in [0.3, 0.4) is 0 Å². The molecule has 0 unspecified atom stereocenters. The number of carbonyl (C=O) groups is 1. The summed E-state index contributed by atoms with van der Waals surface area (Å²) in [5.41, 5.74) is 1.92. The zero-order valence-electron chi connectivity index (χ0n) is 12.1. The molecular weight excluding hydrogens is 286 g/mol. The van der Waals surface area contributed by atoms with Gasteiger partial charge in [-0.15, -0.1) is 0 Å². The van der Waals surface area contributed by atoms with Gasteiger partial charge in [0.05, 0.1) is 0 Å². The standard InChI is InChI=1S/C17H18ClNO2/c1-3-16(21-15-10-6-13(18)7-11-15)17(20)19-14-8-4-12(2)5-9-14/h4-11,16H,3H2,1-2H3,(H,19,20)/t16-/m1/s1. The second-order valence-electron chi connectivity index (χ2n) is 4.82. The minimum Gasteiger partial charge on any atom is -0.481 e. The van der Waals surface area contributed by atoms with Crippen LogP contribution in [0.1, 0.15) is 18.9 Å².